The number of alkyl halides is 1. The number of nitrogens with two attached hydrogens (primary N) is 1. The van der Waals surface area contributed by atoms with E-state index in [2.05, 4.69) is 36.2 Å². The molecule has 0 atom stereocenters. The number of halogens is 1. The lowest BCUT2D eigenvalue weighted by atomic mass is 9.97. The monoisotopic (exact) mass is 285 g/mol. The zero-order valence-corrected chi connectivity index (χ0v) is 10.6. The molecule has 0 fully saturated rings. The van der Waals surface area contributed by atoms with Crippen molar-refractivity contribution in [3.63, 3.8) is 0 Å². The van der Waals surface area contributed by atoms with Crippen LogP contribution in [0.1, 0.15) is 13.8 Å². The van der Waals surface area contributed by atoms with E-state index in [0.29, 0.717) is 11.1 Å². The first-order valence-electron chi connectivity index (χ1n) is 4.76. The average Bonchev–Trinajstić information content (AvgIpc) is 2.14. The standard InChI is InChI=1S/C9H12BrN5O/c1-9(2)4(3-10)12-5-6(15-9)13-8(11)14-7(5)16/h3H2,1-2H3,(H4,11,13,14,15,16). The van der Waals surface area contributed by atoms with E-state index < -0.39 is 0 Å². The van der Waals surface area contributed by atoms with Gasteiger partial charge >= 0.3 is 0 Å². The van der Waals surface area contributed by atoms with E-state index in [0.717, 1.165) is 5.71 Å². The fourth-order valence-corrected chi connectivity index (χ4v) is 2.34. The summed E-state index contributed by atoms with van der Waals surface area (Å²) in [4.78, 5) is 22.4. The van der Waals surface area contributed by atoms with Gasteiger partial charge in [-0.1, -0.05) is 15.9 Å². The number of aromatic amines is 1. The van der Waals surface area contributed by atoms with Gasteiger partial charge in [-0.3, -0.25) is 9.78 Å². The van der Waals surface area contributed by atoms with Crippen LogP contribution in [0, 0.1) is 0 Å². The molecule has 86 valence electrons. The molecule has 0 spiro atoms. The van der Waals surface area contributed by atoms with Gasteiger partial charge in [0.05, 0.1) is 11.3 Å². The Balaban J connectivity index is 2.65. The van der Waals surface area contributed by atoms with E-state index in [1.807, 2.05) is 13.8 Å². The number of nitrogen functional groups attached to an aromatic ring is 1. The van der Waals surface area contributed by atoms with E-state index >= 15 is 0 Å². The number of hydrogen-bond acceptors (Lipinski definition) is 5. The Labute approximate surface area is 101 Å². The molecule has 0 amide bonds. The molecule has 0 aliphatic carbocycles. The first-order chi connectivity index (χ1) is 7.44. The van der Waals surface area contributed by atoms with Crippen molar-refractivity contribution >= 4 is 39.1 Å². The minimum atomic E-state index is -0.344. The Hall–Kier alpha value is -1.37. The van der Waals surface area contributed by atoms with Gasteiger partial charge in [-0.15, -0.1) is 0 Å². The minimum absolute atomic E-state index is 0.0875. The van der Waals surface area contributed by atoms with Gasteiger partial charge in [0, 0.05) is 5.33 Å². The highest BCUT2D eigenvalue weighted by Crippen LogP contribution is 2.29. The summed E-state index contributed by atoms with van der Waals surface area (Å²) in [5, 5.41) is 3.74. The van der Waals surface area contributed by atoms with Crippen molar-refractivity contribution in [1.82, 2.24) is 9.97 Å². The van der Waals surface area contributed by atoms with E-state index in [1.54, 1.807) is 0 Å². The van der Waals surface area contributed by atoms with Gasteiger partial charge < -0.3 is 11.1 Å². The van der Waals surface area contributed by atoms with Gasteiger partial charge in [-0.25, -0.2) is 4.99 Å². The summed E-state index contributed by atoms with van der Waals surface area (Å²) < 4.78 is 0. The molecule has 1 aromatic heterocycles. The molecule has 4 N–H and O–H groups in total. The van der Waals surface area contributed by atoms with Gasteiger partial charge in [-0.05, 0) is 13.8 Å². The molecule has 0 saturated carbocycles. The van der Waals surface area contributed by atoms with Crippen LogP contribution in [0.3, 0.4) is 0 Å². The van der Waals surface area contributed by atoms with Crippen LogP contribution in [0.25, 0.3) is 0 Å². The van der Waals surface area contributed by atoms with Crippen LogP contribution >= 0.6 is 15.9 Å². The topological polar surface area (TPSA) is 96.2 Å². The van der Waals surface area contributed by atoms with Gasteiger partial charge in [0.25, 0.3) is 5.56 Å². The Morgan fingerprint density at radius 3 is 2.81 bits per heavy atom. The normalized spacial score (nSPS) is 17.3. The largest absolute Gasteiger partial charge is 0.369 e. The fourth-order valence-electron chi connectivity index (χ4n) is 1.52. The number of fused-ring (bicyclic) bond motifs is 1. The highest BCUT2D eigenvalue weighted by atomic mass is 79.9. The van der Waals surface area contributed by atoms with Gasteiger partial charge in [0.1, 0.15) is 0 Å². The van der Waals surface area contributed by atoms with Gasteiger partial charge in [-0.2, -0.15) is 4.98 Å². The molecule has 1 aromatic rings. The van der Waals surface area contributed by atoms with Crippen LogP contribution < -0.4 is 16.6 Å². The van der Waals surface area contributed by atoms with Crippen molar-refractivity contribution in [2.24, 2.45) is 4.99 Å². The SMILES string of the molecule is CC1(C)Nc2nc(N)[nH]c(=O)c2N=C1CBr. The molecule has 0 aromatic carbocycles. The lowest BCUT2D eigenvalue weighted by Gasteiger charge is -2.31. The van der Waals surface area contributed by atoms with Crippen LogP contribution in [0.15, 0.2) is 9.79 Å². The zero-order chi connectivity index (χ0) is 11.9. The molecule has 7 heteroatoms. The molecular weight excluding hydrogens is 274 g/mol. The second-order valence-corrected chi connectivity index (χ2v) is 4.65. The van der Waals surface area contributed by atoms with Crippen LogP contribution in [-0.2, 0) is 0 Å². The number of H-pyrrole nitrogens is 1. The molecule has 1 aliphatic rings. The number of hydrogen-bond donors (Lipinski definition) is 3. The molecule has 6 nitrogen and oxygen atoms in total. The lowest BCUT2D eigenvalue weighted by molar-refractivity contribution is 0.740. The predicted molar refractivity (Wildman–Crippen MR) is 67.9 cm³/mol. The summed E-state index contributed by atoms with van der Waals surface area (Å²) in [7, 11) is 0. The van der Waals surface area contributed by atoms with E-state index in [-0.39, 0.29) is 22.7 Å². The summed E-state index contributed by atoms with van der Waals surface area (Å²) in [5.74, 6) is 0.514. The summed E-state index contributed by atoms with van der Waals surface area (Å²) >= 11 is 3.35. The van der Waals surface area contributed by atoms with E-state index in [9.17, 15) is 4.79 Å². The Morgan fingerprint density at radius 1 is 1.50 bits per heavy atom. The zero-order valence-electron chi connectivity index (χ0n) is 8.97. The average molecular weight is 286 g/mol. The Kier molecular flexibility index (Phi) is 2.49. The lowest BCUT2D eigenvalue weighted by Crippen LogP contribution is -2.44. The first kappa shape index (κ1) is 11.1. The third kappa shape index (κ3) is 1.71. The van der Waals surface area contributed by atoms with Crippen LogP contribution in [0.2, 0.25) is 0 Å². The quantitative estimate of drug-likeness (QED) is 0.672. The van der Waals surface area contributed by atoms with Crippen molar-refractivity contribution in [3.8, 4) is 0 Å². The van der Waals surface area contributed by atoms with Crippen molar-refractivity contribution in [1.29, 1.82) is 0 Å². The molecule has 2 rings (SSSR count). The summed E-state index contributed by atoms with van der Waals surface area (Å²) in [6, 6.07) is 0. The summed E-state index contributed by atoms with van der Waals surface area (Å²) in [5.41, 5.74) is 5.93. The Morgan fingerprint density at radius 2 is 2.19 bits per heavy atom. The molecular formula is C9H12BrN5O. The van der Waals surface area contributed by atoms with E-state index in [1.165, 1.54) is 0 Å². The molecule has 2 heterocycles. The fraction of sp³-hybridized carbons (Fsp3) is 0.444. The number of aliphatic imine (C=N–C) groups is 1. The molecule has 0 bridgehead atoms. The maximum Gasteiger partial charge on any atom is 0.280 e. The smallest absolute Gasteiger partial charge is 0.280 e. The molecule has 0 unspecified atom stereocenters. The second kappa shape index (κ2) is 3.58. The predicted octanol–water partition coefficient (Wildman–Crippen LogP) is 1.02. The highest BCUT2D eigenvalue weighted by Gasteiger charge is 2.31. The van der Waals surface area contributed by atoms with Crippen LogP contribution in [0.4, 0.5) is 17.5 Å². The maximum absolute atomic E-state index is 11.6. The van der Waals surface area contributed by atoms with Crippen molar-refractivity contribution < 1.29 is 0 Å². The Bertz CT molecular complexity index is 519. The first-order valence-corrected chi connectivity index (χ1v) is 5.88. The third-order valence-corrected chi connectivity index (χ3v) is 2.97. The van der Waals surface area contributed by atoms with Crippen LogP contribution in [-0.4, -0.2) is 26.5 Å². The van der Waals surface area contributed by atoms with Crippen molar-refractivity contribution in [2.45, 2.75) is 19.4 Å². The summed E-state index contributed by atoms with van der Waals surface area (Å²) in [6.45, 7) is 3.93. The van der Waals surface area contributed by atoms with Crippen molar-refractivity contribution in [2.75, 3.05) is 16.4 Å². The number of nitrogens with zero attached hydrogens (tertiary/aromatic N) is 2. The third-order valence-electron chi connectivity index (χ3n) is 2.44. The maximum atomic E-state index is 11.6. The molecule has 0 radical (unpaired) electrons. The molecule has 0 saturated heterocycles. The molecule has 16 heavy (non-hydrogen) atoms. The van der Waals surface area contributed by atoms with Gasteiger partial charge in [0.15, 0.2) is 11.5 Å². The number of rotatable bonds is 1. The minimum Gasteiger partial charge on any atom is -0.369 e. The summed E-state index contributed by atoms with van der Waals surface area (Å²) in [6.07, 6.45) is 0. The van der Waals surface area contributed by atoms with Crippen molar-refractivity contribution in [3.05, 3.63) is 10.4 Å². The second-order valence-electron chi connectivity index (χ2n) is 4.09. The van der Waals surface area contributed by atoms with Crippen LogP contribution in [0.5, 0.6) is 0 Å². The van der Waals surface area contributed by atoms with Gasteiger partial charge in [0.2, 0.25) is 5.95 Å². The number of anilines is 2. The number of nitrogens with one attached hydrogen (secondary N) is 2. The highest BCUT2D eigenvalue weighted by molar-refractivity contribution is 9.09. The number of aromatic nitrogens is 2. The molecule has 1 aliphatic heterocycles. The van der Waals surface area contributed by atoms with E-state index in [4.69, 9.17) is 5.73 Å².